The highest BCUT2D eigenvalue weighted by molar-refractivity contribution is 4.84. The van der Waals surface area contributed by atoms with Crippen LogP contribution >= 0.6 is 0 Å². The van der Waals surface area contributed by atoms with Crippen molar-refractivity contribution in [2.75, 3.05) is 0 Å². The quantitative estimate of drug-likeness (QED) is 0.602. The maximum absolute atomic E-state index is 9.70. The SMILES string of the molecule is CC(C)(O)[C@H]1CCC[C@H](N)C1. The molecule has 1 aliphatic carbocycles. The summed E-state index contributed by atoms with van der Waals surface area (Å²) in [5.74, 6) is 0.409. The van der Waals surface area contributed by atoms with Crippen molar-refractivity contribution in [1.29, 1.82) is 0 Å². The van der Waals surface area contributed by atoms with Gasteiger partial charge in [-0.3, -0.25) is 0 Å². The smallest absolute Gasteiger partial charge is 0.0620 e. The molecule has 1 rings (SSSR count). The molecule has 0 unspecified atom stereocenters. The number of hydrogen-bond donors (Lipinski definition) is 2. The maximum atomic E-state index is 9.70. The number of rotatable bonds is 1. The van der Waals surface area contributed by atoms with Crippen LogP contribution in [0.2, 0.25) is 0 Å². The van der Waals surface area contributed by atoms with E-state index in [1.807, 2.05) is 13.8 Å². The molecule has 0 aromatic carbocycles. The minimum Gasteiger partial charge on any atom is -0.390 e. The molecule has 0 saturated heterocycles. The zero-order valence-corrected chi connectivity index (χ0v) is 7.51. The van der Waals surface area contributed by atoms with Crippen LogP contribution in [-0.4, -0.2) is 16.7 Å². The van der Waals surface area contributed by atoms with Crippen molar-refractivity contribution in [3.63, 3.8) is 0 Å². The first-order valence-corrected chi connectivity index (χ1v) is 4.48. The first-order chi connectivity index (χ1) is 5.00. The molecule has 2 heteroatoms. The van der Waals surface area contributed by atoms with Crippen molar-refractivity contribution in [2.45, 2.75) is 51.2 Å². The van der Waals surface area contributed by atoms with Gasteiger partial charge in [-0.1, -0.05) is 6.42 Å². The molecule has 2 atom stereocenters. The summed E-state index contributed by atoms with van der Waals surface area (Å²) in [7, 11) is 0. The number of nitrogens with two attached hydrogens (primary N) is 1. The third-order valence-corrected chi connectivity index (χ3v) is 2.71. The van der Waals surface area contributed by atoms with E-state index in [1.54, 1.807) is 0 Å². The van der Waals surface area contributed by atoms with Crippen LogP contribution in [0.25, 0.3) is 0 Å². The van der Waals surface area contributed by atoms with E-state index < -0.39 is 5.60 Å². The van der Waals surface area contributed by atoms with E-state index in [-0.39, 0.29) is 0 Å². The van der Waals surface area contributed by atoms with Crippen molar-refractivity contribution < 1.29 is 5.11 Å². The summed E-state index contributed by atoms with van der Waals surface area (Å²) in [6.07, 6.45) is 4.43. The van der Waals surface area contributed by atoms with E-state index in [0.29, 0.717) is 12.0 Å². The molecule has 0 aromatic heterocycles. The van der Waals surface area contributed by atoms with Crippen molar-refractivity contribution in [2.24, 2.45) is 11.7 Å². The zero-order chi connectivity index (χ0) is 8.48. The average molecular weight is 157 g/mol. The largest absolute Gasteiger partial charge is 0.390 e. The van der Waals surface area contributed by atoms with Crippen LogP contribution in [0, 0.1) is 5.92 Å². The van der Waals surface area contributed by atoms with Crippen LogP contribution in [0.1, 0.15) is 39.5 Å². The van der Waals surface area contributed by atoms with Gasteiger partial charge in [-0.15, -0.1) is 0 Å². The second kappa shape index (κ2) is 3.11. The van der Waals surface area contributed by atoms with Crippen LogP contribution in [-0.2, 0) is 0 Å². The molecule has 3 N–H and O–H groups in total. The highest BCUT2D eigenvalue weighted by atomic mass is 16.3. The summed E-state index contributed by atoms with van der Waals surface area (Å²) in [6.45, 7) is 3.77. The summed E-state index contributed by atoms with van der Waals surface area (Å²) < 4.78 is 0. The van der Waals surface area contributed by atoms with Crippen molar-refractivity contribution in [3.05, 3.63) is 0 Å². The third-order valence-electron chi connectivity index (χ3n) is 2.71. The van der Waals surface area contributed by atoms with Crippen LogP contribution < -0.4 is 5.73 Å². The van der Waals surface area contributed by atoms with Crippen LogP contribution in [0.3, 0.4) is 0 Å². The van der Waals surface area contributed by atoms with Gasteiger partial charge in [0.25, 0.3) is 0 Å². The monoisotopic (exact) mass is 157 g/mol. The van der Waals surface area contributed by atoms with Gasteiger partial charge >= 0.3 is 0 Å². The molecule has 0 amide bonds. The lowest BCUT2D eigenvalue weighted by Crippen LogP contribution is -2.39. The predicted molar refractivity (Wildman–Crippen MR) is 46.2 cm³/mol. The second-order valence-electron chi connectivity index (χ2n) is 4.28. The van der Waals surface area contributed by atoms with Crippen LogP contribution in [0.5, 0.6) is 0 Å². The Kier molecular flexibility index (Phi) is 2.55. The van der Waals surface area contributed by atoms with E-state index in [9.17, 15) is 5.11 Å². The molecule has 0 radical (unpaired) electrons. The number of aliphatic hydroxyl groups is 1. The van der Waals surface area contributed by atoms with E-state index >= 15 is 0 Å². The zero-order valence-electron chi connectivity index (χ0n) is 7.51. The molecule has 11 heavy (non-hydrogen) atoms. The first-order valence-electron chi connectivity index (χ1n) is 4.48. The van der Waals surface area contributed by atoms with Crippen LogP contribution in [0.15, 0.2) is 0 Å². The van der Waals surface area contributed by atoms with Crippen molar-refractivity contribution >= 4 is 0 Å². The Morgan fingerprint density at radius 3 is 2.36 bits per heavy atom. The van der Waals surface area contributed by atoms with Crippen molar-refractivity contribution in [1.82, 2.24) is 0 Å². The van der Waals surface area contributed by atoms with Gasteiger partial charge in [0.05, 0.1) is 5.60 Å². The summed E-state index contributed by atoms with van der Waals surface area (Å²) in [5.41, 5.74) is 5.28. The second-order valence-corrected chi connectivity index (χ2v) is 4.28. The van der Waals surface area contributed by atoms with E-state index in [4.69, 9.17) is 5.73 Å². The molecular weight excluding hydrogens is 138 g/mol. The normalized spacial score (nSPS) is 33.8. The standard InChI is InChI=1S/C9H19NO/c1-9(2,11)7-4-3-5-8(10)6-7/h7-8,11H,3-6,10H2,1-2H3/t7-,8-/m0/s1. The minimum absolute atomic E-state index is 0.320. The minimum atomic E-state index is -0.530. The Balaban J connectivity index is 2.46. The summed E-state index contributed by atoms with van der Waals surface area (Å²) >= 11 is 0. The lowest BCUT2D eigenvalue weighted by atomic mass is 9.77. The molecule has 1 aliphatic rings. The Morgan fingerprint density at radius 1 is 1.36 bits per heavy atom. The molecule has 1 saturated carbocycles. The predicted octanol–water partition coefficient (Wildman–Crippen LogP) is 1.27. The highest BCUT2D eigenvalue weighted by Crippen LogP contribution is 2.31. The van der Waals surface area contributed by atoms with Gasteiger partial charge in [-0.25, -0.2) is 0 Å². The molecule has 0 heterocycles. The summed E-state index contributed by atoms with van der Waals surface area (Å²) in [5, 5.41) is 9.70. The van der Waals surface area contributed by atoms with E-state index in [0.717, 1.165) is 19.3 Å². The first kappa shape index (κ1) is 9.01. The van der Waals surface area contributed by atoms with Crippen LogP contribution in [0.4, 0.5) is 0 Å². The Hall–Kier alpha value is -0.0800. The lowest BCUT2D eigenvalue weighted by Gasteiger charge is -2.35. The van der Waals surface area contributed by atoms with Gasteiger partial charge < -0.3 is 10.8 Å². The summed E-state index contributed by atoms with van der Waals surface area (Å²) in [6, 6.07) is 0.320. The molecule has 0 aromatic rings. The average Bonchev–Trinajstić information content (AvgIpc) is 1.86. The van der Waals surface area contributed by atoms with Gasteiger partial charge in [-0.2, -0.15) is 0 Å². The summed E-state index contributed by atoms with van der Waals surface area (Å²) in [4.78, 5) is 0. The molecule has 0 bridgehead atoms. The van der Waals surface area contributed by atoms with Gasteiger partial charge in [0.15, 0.2) is 0 Å². The molecule has 0 aliphatic heterocycles. The Bertz CT molecular complexity index is 128. The molecule has 0 spiro atoms. The Labute approximate surface area is 68.8 Å². The molecular formula is C9H19NO. The lowest BCUT2D eigenvalue weighted by molar-refractivity contribution is -0.00243. The van der Waals surface area contributed by atoms with Gasteiger partial charge in [0, 0.05) is 6.04 Å². The van der Waals surface area contributed by atoms with Crippen molar-refractivity contribution in [3.8, 4) is 0 Å². The topological polar surface area (TPSA) is 46.2 Å². The molecule has 2 nitrogen and oxygen atoms in total. The van der Waals surface area contributed by atoms with E-state index in [2.05, 4.69) is 0 Å². The molecule has 1 fully saturated rings. The fraction of sp³-hybridized carbons (Fsp3) is 1.00. The fourth-order valence-electron chi connectivity index (χ4n) is 1.87. The maximum Gasteiger partial charge on any atom is 0.0620 e. The van der Waals surface area contributed by atoms with Gasteiger partial charge in [0.1, 0.15) is 0 Å². The number of hydrogen-bond acceptors (Lipinski definition) is 2. The third kappa shape index (κ3) is 2.46. The van der Waals surface area contributed by atoms with Gasteiger partial charge in [0.2, 0.25) is 0 Å². The van der Waals surface area contributed by atoms with E-state index in [1.165, 1.54) is 6.42 Å². The highest BCUT2D eigenvalue weighted by Gasteiger charge is 2.30. The fourth-order valence-corrected chi connectivity index (χ4v) is 1.87. The molecule has 66 valence electrons. The Morgan fingerprint density at radius 2 is 2.00 bits per heavy atom. The van der Waals surface area contributed by atoms with Gasteiger partial charge in [-0.05, 0) is 39.0 Å².